The molecule has 0 aliphatic heterocycles. The summed E-state index contributed by atoms with van der Waals surface area (Å²) >= 11 is 0. The van der Waals surface area contributed by atoms with Crippen LogP contribution in [0.15, 0.2) is 48.7 Å². The molecule has 0 radical (unpaired) electrons. The molecule has 2 aromatic carbocycles. The molecule has 1 aromatic heterocycles. The van der Waals surface area contributed by atoms with E-state index in [1.54, 1.807) is 0 Å². The van der Waals surface area contributed by atoms with E-state index in [2.05, 4.69) is 65.9 Å². The van der Waals surface area contributed by atoms with Gasteiger partial charge < -0.3 is 10.3 Å². The van der Waals surface area contributed by atoms with Crippen LogP contribution in [0.2, 0.25) is 0 Å². The fourth-order valence-corrected chi connectivity index (χ4v) is 2.85. The maximum atomic E-state index is 3.38. The lowest BCUT2D eigenvalue weighted by molar-refractivity contribution is 0.727. The minimum atomic E-state index is 1.06. The Kier molecular flexibility index (Phi) is 4.07. The molecule has 108 valence electrons. The average molecular weight is 278 g/mol. The number of rotatable bonds is 5. The van der Waals surface area contributed by atoms with Gasteiger partial charge in [0.05, 0.1) is 0 Å². The molecule has 0 amide bonds. The van der Waals surface area contributed by atoms with Crippen molar-refractivity contribution in [2.45, 2.75) is 19.8 Å². The minimum Gasteiger partial charge on any atom is -0.361 e. The summed E-state index contributed by atoms with van der Waals surface area (Å²) in [6.07, 6.45) is 4.43. The van der Waals surface area contributed by atoms with E-state index in [1.807, 2.05) is 7.05 Å². The van der Waals surface area contributed by atoms with Crippen LogP contribution in [0.5, 0.6) is 0 Å². The number of aryl methyl sites for hydroxylation is 2. The van der Waals surface area contributed by atoms with Gasteiger partial charge in [0.1, 0.15) is 0 Å². The molecule has 3 aromatic rings. The molecule has 0 spiro atoms. The van der Waals surface area contributed by atoms with Crippen LogP contribution in [0.1, 0.15) is 17.5 Å². The summed E-state index contributed by atoms with van der Waals surface area (Å²) in [6.45, 7) is 3.20. The van der Waals surface area contributed by atoms with Gasteiger partial charge in [-0.2, -0.15) is 0 Å². The predicted octanol–water partition coefficient (Wildman–Crippen LogP) is 4.30. The molecule has 0 unspecified atom stereocenters. The third-order valence-electron chi connectivity index (χ3n) is 3.99. The number of fused-ring (bicyclic) bond motifs is 1. The fraction of sp³-hybridized carbons (Fsp3) is 0.263. The third kappa shape index (κ3) is 3.01. The molecular weight excluding hydrogens is 256 g/mol. The molecule has 0 aliphatic carbocycles. The Bertz CT molecular complexity index is 740. The lowest BCUT2D eigenvalue weighted by Gasteiger charge is -2.05. The van der Waals surface area contributed by atoms with E-state index in [0.29, 0.717) is 0 Å². The van der Waals surface area contributed by atoms with Gasteiger partial charge in [-0.25, -0.2) is 0 Å². The summed E-state index contributed by atoms with van der Waals surface area (Å²) in [5.74, 6) is 0. The highest BCUT2D eigenvalue weighted by molar-refractivity contribution is 5.88. The number of H-pyrrole nitrogens is 1. The summed E-state index contributed by atoms with van der Waals surface area (Å²) in [5, 5.41) is 4.56. The Morgan fingerprint density at radius 1 is 1.05 bits per heavy atom. The molecule has 0 bridgehead atoms. The van der Waals surface area contributed by atoms with Crippen molar-refractivity contribution in [2.75, 3.05) is 13.6 Å². The second-order valence-electron chi connectivity index (χ2n) is 5.65. The quantitative estimate of drug-likeness (QED) is 0.669. The zero-order valence-corrected chi connectivity index (χ0v) is 12.7. The highest BCUT2D eigenvalue weighted by Gasteiger charge is 2.06. The van der Waals surface area contributed by atoms with Gasteiger partial charge in [-0.05, 0) is 62.2 Å². The first-order valence-corrected chi connectivity index (χ1v) is 7.59. The lowest BCUT2D eigenvalue weighted by Crippen LogP contribution is -2.08. The summed E-state index contributed by atoms with van der Waals surface area (Å²) in [6, 6.07) is 15.4. The van der Waals surface area contributed by atoms with Gasteiger partial charge in [-0.15, -0.1) is 0 Å². The van der Waals surface area contributed by atoms with Crippen LogP contribution in [0.4, 0.5) is 0 Å². The topological polar surface area (TPSA) is 27.8 Å². The van der Waals surface area contributed by atoms with Gasteiger partial charge >= 0.3 is 0 Å². The zero-order valence-electron chi connectivity index (χ0n) is 12.7. The SMILES string of the molecule is CNCCCc1c[nH]c2ccc(-c3cccc(C)c3)cc12. The van der Waals surface area contributed by atoms with Gasteiger partial charge in [-0.1, -0.05) is 35.9 Å². The highest BCUT2D eigenvalue weighted by Crippen LogP contribution is 2.27. The Labute approximate surface area is 126 Å². The Balaban J connectivity index is 1.96. The van der Waals surface area contributed by atoms with Crippen molar-refractivity contribution in [3.8, 4) is 11.1 Å². The third-order valence-corrected chi connectivity index (χ3v) is 3.99. The van der Waals surface area contributed by atoms with Crippen molar-refractivity contribution in [3.05, 3.63) is 59.8 Å². The Hall–Kier alpha value is -2.06. The van der Waals surface area contributed by atoms with Gasteiger partial charge in [-0.3, -0.25) is 0 Å². The smallest absolute Gasteiger partial charge is 0.0457 e. The van der Waals surface area contributed by atoms with Gasteiger partial charge in [0.25, 0.3) is 0 Å². The number of nitrogens with one attached hydrogen (secondary N) is 2. The van der Waals surface area contributed by atoms with Crippen molar-refractivity contribution < 1.29 is 0 Å². The predicted molar refractivity (Wildman–Crippen MR) is 90.7 cm³/mol. The standard InChI is InChI=1S/C19H22N2/c1-14-5-3-6-15(11-14)16-8-9-19-18(12-16)17(13-21-19)7-4-10-20-2/h3,5-6,8-9,11-13,20-21H,4,7,10H2,1-2H3. The van der Waals surface area contributed by atoms with E-state index in [1.165, 1.54) is 33.2 Å². The molecule has 1 heterocycles. The van der Waals surface area contributed by atoms with Crippen molar-refractivity contribution in [1.29, 1.82) is 0 Å². The normalized spacial score (nSPS) is 11.1. The van der Waals surface area contributed by atoms with Crippen LogP contribution in [-0.4, -0.2) is 18.6 Å². The van der Waals surface area contributed by atoms with Crippen molar-refractivity contribution in [1.82, 2.24) is 10.3 Å². The molecule has 21 heavy (non-hydrogen) atoms. The monoisotopic (exact) mass is 278 g/mol. The van der Waals surface area contributed by atoms with Crippen molar-refractivity contribution in [3.63, 3.8) is 0 Å². The number of hydrogen-bond acceptors (Lipinski definition) is 1. The summed E-state index contributed by atoms with van der Waals surface area (Å²) in [5.41, 5.74) is 6.52. The summed E-state index contributed by atoms with van der Waals surface area (Å²) in [4.78, 5) is 3.38. The lowest BCUT2D eigenvalue weighted by atomic mass is 10.00. The summed E-state index contributed by atoms with van der Waals surface area (Å²) in [7, 11) is 2.01. The Morgan fingerprint density at radius 3 is 2.71 bits per heavy atom. The van der Waals surface area contributed by atoms with Gasteiger partial charge in [0, 0.05) is 17.1 Å². The van der Waals surface area contributed by atoms with E-state index in [4.69, 9.17) is 0 Å². The second kappa shape index (κ2) is 6.15. The van der Waals surface area contributed by atoms with E-state index in [-0.39, 0.29) is 0 Å². The molecule has 0 saturated heterocycles. The molecule has 2 nitrogen and oxygen atoms in total. The van der Waals surface area contributed by atoms with Crippen LogP contribution >= 0.6 is 0 Å². The molecule has 2 heteroatoms. The minimum absolute atomic E-state index is 1.06. The van der Waals surface area contributed by atoms with Crippen molar-refractivity contribution >= 4 is 10.9 Å². The van der Waals surface area contributed by atoms with Crippen molar-refractivity contribution in [2.24, 2.45) is 0 Å². The molecule has 3 rings (SSSR count). The molecule has 0 aliphatic rings. The van der Waals surface area contributed by atoms with Crippen LogP contribution in [-0.2, 0) is 6.42 Å². The van der Waals surface area contributed by atoms with E-state index >= 15 is 0 Å². The second-order valence-corrected chi connectivity index (χ2v) is 5.65. The van der Waals surface area contributed by atoms with E-state index < -0.39 is 0 Å². The van der Waals surface area contributed by atoms with Crippen LogP contribution in [0.25, 0.3) is 22.0 Å². The average Bonchev–Trinajstić information content (AvgIpc) is 2.90. The highest BCUT2D eigenvalue weighted by atomic mass is 14.8. The first kappa shape index (κ1) is 13.9. The fourth-order valence-electron chi connectivity index (χ4n) is 2.85. The first-order valence-electron chi connectivity index (χ1n) is 7.59. The number of aromatic amines is 1. The maximum absolute atomic E-state index is 3.38. The molecule has 0 saturated carbocycles. The van der Waals surface area contributed by atoms with Crippen LogP contribution in [0, 0.1) is 6.92 Å². The molecule has 0 fully saturated rings. The summed E-state index contributed by atoms with van der Waals surface area (Å²) < 4.78 is 0. The van der Waals surface area contributed by atoms with Crippen LogP contribution < -0.4 is 5.32 Å². The first-order chi connectivity index (χ1) is 10.3. The number of aromatic nitrogens is 1. The van der Waals surface area contributed by atoms with E-state index in [0.717, 1.165) is 19.4 Å². The molecular formula is C19H22N2. The van der Waals surface area contributed by atoms with Crippen LogP contribution in [0.3, 0.4) is 0 Å². The zero-order chi connectivity index (χ0) is 14.7. The van der Waals surface area contributed by atoms with Gasteiger partial charge in [0.15, 0.2) is 0 Å². The molecule has 0 atom stereocenters. The van der Waals surface area contributed by atoms with E-state index in [9.17, 15) is 0 Å². The largest absolute Gasteiger partial charge is 0.361 e. The van der Waals surface area contributed by atoms with Gasteiger partial charge in [0.2, 0.25) is 0 Å². The number of hydrogen-bond donors (Lipinski definition) is 2. The Morgan fingerprint density at radius 2 is 1.90 bits per heavy atom. The number of benzene rings is 2. The maximum Gasteiger partial charge on any atom is 0.0457 e. The molecule has 2 N–H and O–H groups in total.